The highest BCUT2D eigenvalue weighted by Gasteiger charge is 2.42. The molecule has 0 saturated carbocycles. The summed E-state index contributed by atoms with van der Waals surface area (Å²) in [5.74, 6) is -0.310. The van der Waals surface area contributed by atoms with E-state index < -0.39 is 17.3 Å². The summed E-state index contributed by atoms with van der Waals surface area (Å²) in [6.07, 6.45) is 0.946. The van der Waals surface area contributed by atoms with Gasteiger partial charge in [0.1, 0.15) is 11.4 Å². The molecule has 1 saturated heterocycles. The van der Waals surface area contributed by atoms with Crippen LogP contribution in [0.2, 0.25) is 0 Å². The van der Waals surface area contributed by atoms with Gasteiger partial charge < -0.3 is 29.3 Å². The van der Waals surface area contributed by atoms with Crippen molar-refractivity contribution in [3.8, 4) is 5.75 Å². The Morgan fingerprint density at radius 1 is 1.23 bits per heavy atom. The van der Waals surface area contributed by atoms with E-state index >= 15 is 0 Å². The van der Waals surface area contributed by atoms with Crippen LogP contribution in [0.1, 0.15) is 90.1 Å². The molecule has 0 unspecified atom stereocenters. The largest absolute Gasteiger partial charge is 0.476 e. The van der Waals surface area contributed by atoms with Gasteiger partial charge >= 0.3 is 12.1 Å². The summed E-state index contributed by atoms with van der Waals surface area (Å²) in [7, 11) is 0. The highest BCUT2D eigenvalue weighted by atomic mass is 16.6. The van der Waals surface area contributed by atoms with Crippen molar-refractivity contribution in [3.63, 3.8) is 0 Å². The number of aryl methyl sites for hydroxylation is 1. The molecule has 0 radical (unpaired) electrons. The number of carboxylic acid groups (broad SMARTS) is 1. The number of anilines is 1. The first-order chi connectivity index (χ1) is 18.0. The predicted molar refractivity (Wildman–Crippen MR) is 147 cm³/mol. The van der Waals surface area contributed by atoms with Gasteiger partial charge in [-0.25, -0.2) is 4.79 Å². The van der Waals surface area contributed by atoms with Crippen LogP contribution in [0.25, 0.3) is 0 Å². The van der Waals surface area contributed by atoms with Crippen molar-refractivity contribution in [2.75, 3.05) is 24.5 Å². The molecule has 216 valence electrons. The predicted octanol–water partition coefficient (Wildman–Crippen LogP) is 4.61. The van der Waals surface area contributed by atoms with E-state index in [1.54, 1.807) is 35.8 Å². The molecule has 1 atom stereocenters. The summed E-state index contributed by atoms with van der Waals surface area (Å²) in [6.45, 7) is 15.5. The number of carbonyl (C=O) groups is 4. The summed E-state index contributed by atoms with van der Waals surface area (Å²) >= 11 is 0. The first-order valence-corrected chi connectivity index (χ1v) is 13.7. The zero-order valence-corrected chi connectivity index (χ0v) is 24.5. The van der Waals surface area contributed by atoms with Gasteiger partial charge in [-0.1, -0.05) is 0 Å². The number of amides is 3. The van der Waals surface area contributed by atoms with Crippen LogP contribution < -0.4 is 9.64 Å². The fraction of sp³-hybridized carbons (Fsp3) is 0.655. The van der Waals surface area contributed by atoms with E-state index in [1.807, 2.05) is 41.5 Å². The minimum atomic E-state index is -1.11. The van der Waals surface area contributed by atoms with Crippen LogP contribution in [0.15, 0.2) is 12.1 Å². The Labute approximate surface area is 231 Å². The van der Waals surface area contributed by atoms with Crippen molar-refractivity contribution in [3.05, 3.63) is 23.3 Å². The third-order valence-corrected chi connectivity index (χ3v) is 6.99. The van der Waals surface area contributed by atoms with Crippen LogP contribution in [-0.4, -0.2) is 81.7 Å². The number of esters is 1. The van der Waals surface area contributed by atoms with Crippen LogP contribution in [0.3, 0.4) is 0 Å². The van der Waals surface area contributed by atoms with Gasteiger partial charge in [0.15, 0.2) is 5.60 Å². The van der Waals surface area contributed by atoms with Gasteiger partial charge in [0.2, 0.25) is 0 Å². The number of rotatable bonds is 7. The van der Waals surface area contributed by atoms with Crippen molar-refractivity contribution >= 4 is 29.6 Å². The molecule has 10 nitrogen and oxygen atoms in total. The lowest BCUT2D eigenvalue weighted by atomic mass is 9.97. The Balaban J connectivity index is 1.91. The van der Waals surface area contributed by atoms with Crippen LogP contribution in [0.5, 0.6) is 5.75 Å². The molecule has 3 amide bonds. The number of hydrogen-bond donors (Lipinski definition) is 1. The molecule has 3 rings (SSSR count). The molecule has 0 bridgehead atoms. The van der Waals surface area contributed by atoms with E-state index in [2.05, 4.69) is 0 Å². The lowest BCUT2D eigenvalue weighted by molar-refractivity contribution is -0.155. The van der Waals surface area contributed by atoms with Gasteiger partial charge in [-0.05, 0) is 92.3 Å². The summed E-state index contributed by atoms with van der Waals surface area (Å²) in [5.41, 5.74) is -0.0761. The zero-order valence-electron chi connectivity index (χ0n) is 24.5. The van der Waals surface area contributed by atoms with Gasteiger partial charge in [0.25, 0.3) is 11.8 Å². The quantitative estimate of drug-likeness (QED) is 0.497. The highest BCUT2D eigenvalue weighted by Crippen LogP contribution is 2.40. The fourth-order valence-corrected chi connectivity index (χ4v) is 5.26. The van der Waals surface area contributed by atoms with Crippen molar-refractivity contribution in [1.82, 2.24) is 9.80 Å². The van der Waals surface area contributed by atoms with E-state index in [0.29, 0.717) is 48.4 Å². The molecule has 0 aromatic heterocycles. The number of hydrogen-bond acceptors (Lipinski definition) is 6. The number of ether oxygens (including phenoxy) is 2. The minimum Gasteiger partial charge on any atom is -0.476 e. The van der Waals surface area contributed by atoms with Crippen molar-refractivity contribution < 1.29 is 33.8 Å². The normalized spacial score (nSPS) is 18.9. The van der Waals surface area contributed by atoms with E-state index in [9.17, 15) is 24.3 Å². The fourth-order valence-electron chi connectivity index (χ4n) is 5.26. The number of fused-ring (bicyclic) bond motifs is 1. The van der Waals surface area contributed by atoms with Crippen molar-refractivity contribution in [1.29, 1.82) is 0 Å². The van der Waals surface area contributed by atoms with Crippen LogP contribution in [0, 0.1) is 6.92 Å². The summed E-state index contributed by atoms with van der Waals surface area (Å²) in [4.78, 5) is 55.9. The SMILES string of the molecule is Cc1cc2c(cc1C(=O)N(C(C)C)[C@@H]1CCCN(C(=O)O)C1)N(CCCC(=O)OC(C)(C)C)C(=O)C(C)(C)O2. The molecule has 1 N–H and O–H groups in total. The van der Waals surface area contributed by atoms with Crippen LogP contribution in [-0.2, 0) is 14.3 Å². The average molecular weight is 546 g/mol. The maximum absolute atomic E-state index is 14.0. The standard InChI is InChI=1S/C29H43N3O7/c1-18(2)32(20-11-9-13-30(17-20)27(36)37)25(34)21-16-22-23(15-19(21)3)38-29(7,8)26(35)31(22)14-10-12-24(33)39-28(4,5)6/h15-16,18,20H,9-14,17H2,1-8H3,(H,36,37)/t20-/m1/s1. The maximum Gasteiger partial charge on any atom is 0.407 e. The van der Waals surface area contributed by atoms with Crippen LogP contribution >= 0.6 is 0 Å². The Bertz CT molecular complexity index is 1120. The molecule has 0 spiro atoms. The Hall–Kier alpha value is -3.30. The van der Waals surface area contributed by atoms with Gasteiger partial charge in [0.05, 0.1) is 11.7 Å². The third-order valence-electron chi connectivity index (χ3n) is 6.99. The maximum atomic E-state index is 14.0. The van der Waals surface area contributed by atoms with Gasteiger partial charge in [-0.15, -0.1) is 0 Å². The van der Waals surface area contributed by atoms with Gasteiger partial charge in [-0.3, -0.25) is 14.4 Å². The molecule has 39 heavy (non-hydrogen) atoms. The van der Waals surface area contributed by atoms with E-state index in [4.69, 9.17) is 9.47 Å². The molecular formula is C29H43N3O7. The second kappa shape index (κ2) is 11.4. The minimum absolute atomic E-state index is 0.151. The molecule has 1 aromatic carbocycles. The number of carbonyl (C=O) groups excluding carboxylic acids is 3. The smallest absolute Gasteiger partial charge is 0.407 e. The molecule has 2 aliphatic rings. The third kappa shape index (κ3) is 7.02. The molecule has 0 aliphatic carbocycles. The lowest BCUT2D eigenvalue weighted by Crippen LogP contribution is -2.54. The topological polar surface area (TPSA) is 117 Å². The monoisotopic (exact) mass is 545 g/mol. The van der Waals surface area contributed by atoms with E-state index in [1.165, 1.54) is 4.90 Å². The van der Waals surface area contributed by atoms with Crippen LogP contribution in [0.4, 0.5) is 10.5 Å². The summed E-state index contributed by atoms with van der Waals surface area (Å²) in [5, 5.41) is 9.51. The van der Waals surface area contributed by atoms with Crippen molar-refractivity contribution in [2.45, 2.75) is 104 Å². The Morgan fingerprint density at radius 2 is 1.90 bits per heavy atom. The van der Waals surface area contributed by atoms with Crippen molar-refractivity contribution in [2.24, 2.45) is 0 Å². The molecule has 10 heteroatoms. The second-order valence-corrected chi connectivity index (χ2v) is 12.2. The number of piperidine rings is 1. The first-order valence-electron chi connectivity index (χ1n) is 13.7. The van der Waals surface area contributed by atoms with Gasteiger partial charge in [0, 0.05) is 37.7 Å². The highest BCUT2D eigenvalue weighted by molar-refractivity contribution is 6.05. The zero-order chi connectivity index (χ0) is 29.3. The summed E-state index contributed by atoms with van der Waals surface area (Å²) in [6, 6.07) is 3.06. The first kappa shape index (κ1) is 30.2. The molecule has 1 fully saturated rings. The number of benzene rings is 1. The molecule has 2 aliphatic heterocycles. The summed E-state index contributed by atoms with van der Waals surface area (Å²) < 4.78 is 11.5. The Morgan fingerprint density at radius 3 is 2.49 bits per heavy atom. The molecule has 1 aromatic rings. The molecular weight excluding hydrogens is 502 g/mol. The number of nitrogens with zero attached hydrogens (tertiary/aromatic N) is 3. The second-order valence-electron chi connectivity index (χ2n) is 12.2. The lowest BCUT2D eigenvalue weighted by Gasteiger charge is -2.41. The van der Waals surface area contributed by atoms with E-state index in [-0.39, 0.29) is 49.4 Å². The molecule has 2 heterocycles. The number of likely N-dealkylation sites (tertiary alicyclic amines) is 1. The Kier molecular flexibility index (Phi) is 8.87. The van der Waals surface area contributed by atoms with E-state index in [0.717, 1.165) is 0 Å². The average Bonchev–Trinajstić information content (AvgIpc) is 2.80. The van der Waals surface area contributed by atoms with Gasteiger partial charge in [-0.2, -0.15) is 0 Å².